The number of benzene rings is 1. The fourth-order valence-electron chi connectivity index (χ4n) is 4.12. The van der Waals surface area contributed by atoms with Crippen LogP contribution in [0.5, 0.6) is 0 Å². The van der Waals surface area contributed by atoms with Crippen LogP contribution in [0.3, 0.4) is 0 Å². The molecule has 3 rings (SSSR count). The number of aliphatic hydroxyl groups excluding tert-OH is 1. The Labute approximate surface area is 143 Å². The molecule has 1 spiro atoms. The van der Waals surface area contributed by atoms with Gasteiger partial charge in [0.15, 0.2) is 0 Å². The molecule has 5 nitrogen and oxygen atoms in total. The highest BCUT2D eigenvalue weighted by Crippen LogP contribution is 2.51. The van der Waals surface area contributed by atoms with E-state index in [9.17, 15) is 9.90 Å². The van der Waals surface area contributed by atoms with Crippen LogP contribution >= 0.6 is 0 Å². The first-order chi connectivity index (χ1) is 11.6. The van der Waals surface area contributed by atoms with Gasteiger partial charge in [-0.15, -0.1) is 0 Å². The van der Waals surface area contributed by atoms with E-state index in [1.807, 2.05) is 42.2 Å². The summed E-state index contributed by atoms with van der Waals surface area (Å²) in [5.41, 5.74) is 7.02. The minimum atomic E-state index is -0.294. The normalized spacial score (nSPS) is 26.9. The van der Waals surface area contributed by atoms with Gasteiger partial charge in [-0.25, -0.2) is 0 Å². The molecule has 1 heterocycles. The van der Waals surface area contributed by atoms with E-state index >= 15 is 0 Å². The molecule has 1 saturated heterocycles. The quantitative estimate of drug-likeness (QED) is 0.863. The SMILES string of the molecule is CCOC1CC(O)C12CCN(C(=O)CC(N)c1ccccc1)CC2. The standard InChI is InChI=1S/C19H28N2O3/c1-2-24-17-13-16(22)19(17)8-10-21(11-9-19)18(23)12-15(20)14-6-4-3-5-7-14/h3-7,15-17,22H,2,8-13,20H2,1H3. The molecule has 3 N–H and O–H groups in total. The van der Waals surface area contributed by atoms with Crippen molar-refractivity contribution in [3.63, 3.8) is 0 Å². The predicted octanol–water partition coefficient (Wildman–Crippen LogP) is 1.85. The van der Waals surface area contributed by atoms with E-state index in [1.165, 1.54) is 0 Å². The maximum absolute atomic E-state index is 12.5. The molecule has 132 valence electrons. The van der Waals surface area contributed by atoms with Gasteiger partial charge in [0.2, 0.25) is 5.91 Å². The summed E-state index contributed by atoms with van der Waals surface area (Å²) < 4.78 is 5.78. The molecule has 3 atom stereocenters. The number of rotatable bonds is 5. The number of hydrogen-bond donors (Lipinski definition) is 2. The fourth-order valence-corrected chi connectivity index (χ4v) is 4.12. The van der Waals surface area contributed by atoms with Crippen molar-refractivity contribution in [1.82, 2.24) is 4.90 Å². The Bertz CT molecular complexity index is 553. The van der Waals surface area contributed by atoms with Crippen LogP contribution in [-0.2, 0) is 9.53 Å². The average molecular weight is 332 g/mol. The molecule has 1 aromatic carbocycles. The van der Waals surface area contributed by atoms with Gasteiger partial charge in [0.25, 0.3) is 0 Å². The molecule has 1 aliphatic heterocycles. The molecule has 1 aliphatic carbocycles. The molecule has 1 amide bonds. The van der Waals surface area contributed by atoms with Crippen LogP contribution in [-0.4, -0.2) is 47.8 Å². The lowest BCUT2D eigenvalue weighted by Crippen LogP contribution is -2.62. The van der Waals surface area contributed by atoms with Crippen molar-refractivity contribution in [1.29, 1.82) is 0 Å². The number of carbonyl (C=O) groups is 1. The first-order valence-corrected chi connectivity index (χ1v) is 8.95. The highest BCUT2D eigenvalue weighted by molar-refractivity contribution is 5.77. The molecule has 1 aromatic rings. The van der Waals surface area contributed by atoms with Gasteiger partial charge in [0.1, 0.15) is 0 Å². The molecule has 3 unspecified atom stereocenters. The molecule has 2 fully saturated rings. The van der Waals surface area contributed by atoms with Gasteiger partial charge in [-0.05, 0) is 25.3 Å². The minimum Gasteiger partial charge on any atom is -0.392 e. The zero-order chi connectivity index (χ0) is 17.2. The zero-order valence-corrected chi connectivity index (χ0v) is 14.4. The molecule has 0 radical (unpaired) electrons. The Balaban J connectivity index is 1.54. The topological polar surface area (TPSA) is 75.8 Å². The van der Waals surface area contributed by atoms with Crippen molar-refractivity contribution >= 4 is 5.91 Å². The number of carbonyl (C=O) groups excluding carboxylic acids is 1. The maximum Gasteiger partial charge on any atom is 0.224 e. The second kappa shape index (κ2) is 7.21. The van der Waals surface area contributed by atoms with Crippen molar-refractivity contribution in [3.8, 4) is 0 Å². The van der Waals surface area contributed by atoms with Gasteiger partial charge in [-0.1, -0.05) is 30.3 Å². The second-order valence-corrected chi connectivity index (χ2v) is 7.03. The second-order valence-electron chi connectivity index (χ2n) is 7.03. The number of likely N-dealkylation sites (tertiary alicyclic amines) is 1. The van der Waals surface area contributed by atoms with E-state index in [-0.39, 0.29) is 29.6 Å². The Morgan fingerprint density at radius 1 is 1.38 bits per heavy atom. The molecule has 1 saturated carbocycles. The fraction of sp³-hybridized carbons (Fsp3) is 0.632. The number of nitrogens with zero attached hydrogens (tertiary/aromatic N) is 1. The predicted molar refractivity (Wildman–Crippen MR) is 92.3 cm³/mol. The van der Waals surface area contributed by atoms with Crippen LogP contribution < -0.4 is 5.73 Å². The third-order valence-electron chi connectivity index (χ3n) is 5.78. The zero-order valence-electron chi connectivity index (χ0n) is 14.4. The largest absolute Gasteiger partial charge is 0.392 e. The van der Waals surface area contributed by atoms with Crippen molar-refractivity contribution in [2.75, 3.05) is 19.7 Å². The van der Waals surface area contributed by atoms with Gasteiger partial charge in [-0.3, -0.25) is 4.79 Å². The van der Waals surface area contributed by atoms with Gasteiger partial charge in [-0.2, -0.15) is 0 Å². The Morgan fingerprint density at radius 2 is 2.04 bits per heavy atom. The van der Waals surface area contributed by atoms with Crippen molar-refractivity contribution in [3.05, 3.63) is 35.9 Å². The van der Waals surface area contributed by atoms with E-state index < -0.39 is 0 Å². The van der Waals surface area contributed by atoms with Crippen LogP contribution in [0.1, 0.15) is 44.2 Å². The summed E-state index contributed by atoms with van der Waals surface area (Å²) in [6, 6.07) is 9.48. The van der Waals surface area contributed by atoms with Gasteiger partial charge >= 0.3 is 0 Å². The summed E-state index contributed by atoms with van der Waals surface area (Å²) >= 11 is 0. The lowest BCUT2D eigenvalue weighted by molar-refractivity contribution is -0.210. The van der Waals surface area contributed by atoms with Gasteiger partial charge < -0.3 is 20.5 Å². The highest BCUT2D eigenvalue weighted by Gasteiger charge is 2.56. The number of piperidine rings is 1. The summed E-state index contributed by atoms with van der Waals surface area (Å²) in [6.45, 7) is 4.03. The summed E-state index contributed by atoms with van der Waals surface area (Å²) in [7, 11) is 0. The van der Waals surface area contributed by atoms with Gasteiger partial charge in [0, 0.05) is 44.0 Å². The van der Waals surface area contributed by atoms with Gasteiger partial charge in [0.05, 0.1) is 12.2 Å². The van der Waals surface area contributed by atoms with E-state index in [0.29, 0.717) is 26.1 Å². The molecule has 2 aliphatic rings. The van der Waals surface area contributed by atoms with E-state index in [1.54, 1.807) is 0 Å². The van der Waals surface area contributed by atoms with Crippen LogP contribution in [0.25, 0.3) is 0 Å². The first kappa shape index (κ1) is 17.4. The molecule has 0 aromatic heterocycles. The van der Waals surface area contributed by atoms with E-state index in [0.717, 1.165) is 24.8 Å². The molecule has 0 bridgehead atoms. The number of aliphatic hydroxyl groups is 1. The molecular weight excluding hydrogens is 304 g/mol. The third kappa shape index (κ3) is 3.21. The molecule has 24 heavy (non-hydrogen) atoms. The van der Waals surface area contributed by atoms with Crippen LogP contribution in [0.15, 0.2) is 30.3 Å². The van der Waals surface area contributed by atoms with Crippen molar-refractivity contribution in [2.24, 2.45) is 11.1 Å². The Hall–Kier alpha value is -1.43. The van der Waals surface area contributed by atoms with E-state index in [2.05, 4.69) is 0 Å². The Kier molecular flexibility index (Phi) is 5.23. The van der Waals surface area contributed by atoms with Crippen molar-refractivity contribution in [2.45, 2.75) is 50.9 Å². The summed E-state index contributed by atoms with van der Waals surface area (Å²) in [4.78, 5) is 14.4. The van der Waals surface area contributed by atoms with Crippen molar-refractivity contribution < 1.29 is 14.6 Å². The summed E-state index contributed by atoms with van der Waals surface area (Å²) in [5.74, 6) is 0.1000. The monoisotopic (exact) mass is 332 g/mol. The van der Waals surface area contributed by atoms with Crippen LogP contribution in [0.4, 0.5) is 0 Å². The number of amides is 1. The molecular formula is C19H28N2O3. The highest BCUT2D eigenvalue weighted by atomic mass is 16.5. The minimum absolute atomic E-state index is 0.1000. The number of ether oxygens (including phenoxy) is 1. The lowest BCUT2D eigenvalue weighted by Gasteiger charge is -2.56. The third-order valence-corrected chi connectivity index (χ3v) is 5.78. The number of nitrogens with two attached hydrogens (primary N) is 1. The van der Waals surface area contributed by atoms with Crippen LogP contribution in [0.2, 0.25) is 0 Å². The summed E-state index contributed by atoms with van der Waals surface area (Å²) in [6.07, 6.45) is 2.52. The van der Waals surface area contributed by atoms with Crippen LogP contribution in [0, 0.1) is 5.41 Å². The van der Waals surface area contributed by atoms with E-state index in [4.69, 9.17) is 10.5 Å². The maximum atomic E-state index is 12.5. The lowest BCUT2D eigenvalue weighted by atomic mass is 9.58. The summed E-state index contributed by atoms with van der Waals surface area (Å²) in [5, 5.41) is 10.2. The molecule has 5 heteroatoms. The average Bonchev–Trinajstić information content (AvgIpc) is 2.62. The number of hydrogen-bond acceptors (Lipinski definition) is 4. The first-order valence-electron chi connectivity index (χ1n) is 8.95. The Morgan fingerprint density at radius 3 is 2.62 bits per heavy atom. The smallest absolute Gasteiger partial charge is 0.224 e.